The normalized spacial score (nSPS) is 15.8. The summed E-state index contributed by atoms with van der Waals surface area (Å²) in [5.41, 5.74) is 10.3. The lowest BCUT2D eigenvalue weighted by atomic mass is 10.1. The number of ether oxygens (including phenoxy) is 1. The van der Waals surface area contributed by atoms with Gasteiger partial charge in [-0.05, 0) is 55.8 Å². The Hall–Kier alpha value is -4.50. The lowest BCUT2D eigenvalue weighted by molar-refractivity contribution is -0.127. The second kappa shape index (κ2) is 9.27. The average molecular weight is 484 g/mol. The molecule has 9 nitrogen and oxygen atoms in total. The Morgan fingerprint density at radius 3 is 2.58 bits per heavy atom. The van der Waals surface area contributed by atoms with E-state index in [-0.39, 0.29) is 24.2 Å². The monoisotopic (exact) mass is 483 g/mol. The molecule has 0 saturated carbocycles. The maximum atomic E-state index is 13.1. The van der Waals surface area contributed by atoms with Crippen LogP contribution in [-0.2, 0) is 9.53 Å². The predicted octanol–water partition coefficient (Wildman–Crippen LogP) is 3.41. The molecule has 1 saturated heterocycles. The van der Waals surface area contributed by atoms with Gasteiger partial charge in [-0.25, -0.2) is 4.98 Å². The van der Waals surface area contributed by atoms with Gasteiger partial charge < -0.3 is 25.1 Å². The van der Waals surface area contributed by atoms with Gasteiger partial charge in [0.2, 0.25) is 5.91 Å². The van der Waals surface area contributed by atoms with E-state index in [1.54, 1.807) is 23.1 Å². The number of primary amides is 1. The maximum absolute atomic E-state index is 13.1. The second-order valence-electron chi connectivity index (χ2n) is 8.83. The van der Waals surface area contributed by atoms with Crippen molar-refractivity contribution in [2.75, 3.05) is 23.4 Å². The van der Waals surface area contributed by atoms with E-state index in [0.29, 0.717) is 29.1 Å². The lowest BCUT2D eigenvalue weighted by Crippen LogP contribution is -2.48. The predicted molar refractivity (Wildman–Crippen MR) is 136 cm³/mol. The van der Waals surface area contributed by atoms with Crippen molar-refractivity contribution >= 4 is 34.6 Å². The van der Waals surface area contributed by atoms with Crippen LogP contribution in [0.2, 0.25) is 0 Å². The molecule has 2 aromatic carbocycles. The van der Waals surface area contributed by atoms with Crippen molar-refractivity contribution in [2.45, 2.75) is 19.9 Å². The zero-order valence-electron chi connectivity index (χ0n) is 19.9. The van der Waals surface area contributed by atoms with E-state index in [2.05, 4.69) is 10.3 Å². The Bertz CT molecular complexity index is 1490. The van der Waals surface area contributed by atoms with Crippen molar-refractivity contribution in [3.05, 3.63) is 83.9 Å². The highest BCUT2D eigenvalue weighted by Gasteiger charge is 2.26. The molecule has 5 rings (SSSR count). The molecule has 1 aliphatic rings. The van der Waals surface area contributed by atoms with Crippen LogP contribution >= 0.6 is 0 Å². The highest BCUT2D eigenvalue weighted by atomic mass is 16.5. The summed E-state index contributed by atoms with van der Waals surface area (Å²) in [5, 5.41) is 2.80. The summed E-state index contributed by atoms with van der Waals surface area (Å²) in [5.74, 6) is -1.03. The van der Waals surface area contributed by atoms with Gasteiger partial charge in [0.1, 0.15) is 6.61 Å². The summed E-state index contributed by atoms with van der Waals surface area (Å²) in [4.78, 5) is 43.2. The Morgan fingerprint density at radius 2 is 1.86 bits per heavy atom. The third kappa shape index (κ3) is 4.44. The molecule has 3 N–H and O–H groups in total. The number of aryl methyl sites for hydroxylation is 1. The number of nitrogens with one attached hydrogen (secondary N) is 1. The molecule has 2 aromatic heterocycles. The van der Waals surface area contributed by atoms with Gasteiger partial charge in [0.05, 0.1) is 23.9 Å². The number of morpholine rings is 1. The van der Waals surface area contributed by atoms with Crippen molar-refractivity contribution in [1.82, 2.24) is 9.38 Å². The van der Waals surface area contributed by atoms with Gasteiger partial charge in [-0.1, -0.05) is 18.2 Å². The number of fused-ring (bicyclic) bond motifs is 1. The van der Waals surface area contributed by atoms with Gasteiger partial charge >= 0.3 is 0 Å². The first-order valence-electron chi connectivity index (χ1n) is 11.5. The number of rotatable bonds is 5. The molecule has 9 heteroatoms. The first kappa shape index (κ1) is 23.3. The molecule has 1 fully saturated rings. The highest BCUT2D eigenvalue weighted by molar-refractivity contribution is 6.08. The van der Waals surface area contributed by atoms with Crippen molar-refractivity contribution in [3.63, 3.8) is 0 Å². The molecule has 182 valence electrons. The minimum atomic E-state index is -0.572. The average Bonchev–Trinajstić information content (AvgIpc) is 3.28. The van der Waals surface area contributed by atoms with Crippen LogP contribution < -0.4 is 16.0 Å². The fourth-order valence-electron chi connectivity index (χ4n) is 4.42. The minimum Gasteiger partial charge on any atom is -0.369 e. The Kier molecular flexibility index (Phi) is 5.99. The van der Waals surface area contributed by atoms with E-state index < -0.39 is 11.8 Å². The number of nitrogens with zero attached hydrogens (tertiary/aromatic N) is 3. The molecule has 36 heavy (non-hydrogen) atoms. The molecular weight excluding hydrogens is 458 g/mol. The van der Waals surface area contributed by atoms with Crippen LogP contribution in [0.15, 0.2) is 67.0 Å². The van der Waals surface area contributed by atoms with Gasteiger partial charge in [-0.3, -0.25) is 14.4 Å². The number of carbonyl (C=O) groups excluding carboxylic acids is 3. The van der Waals surface area contributed by atoms with Crippen molar-refractivity contribution in [1.29, 1.82) is 0 Å². The quantitative estimate of drug-likeness (QED) is 0.451. The molecule has 0 aliphatic carbocycles. The number of amides is 3. The zero-order valence-corrected chi connectivity index (χ0v) is 19.9. The van der Waals surface area contributed by atoms with Crippen LogP contribution in [0.25, 0.3) is 16.6 Å². The zero-order chi connectivity index (χ0) is 25.4. The minimum absolute atomic E-state index is 0.0343. The van der Waals surface area contributed by atoms with Crippen molar-refractivity contribution in [2.24, 2.45) is 5.73 Å². The highest BCUT2D eigenvalue weighted by Crippen LogP contribution is 2.28. The third-order valence-corrected chi connectivity index (χ3v) is 6.10. The summed E-state index contributed by atoms with van der Waals surface area (Å²) in [7, 11) is 0. The molecule has 0 bridgehead atoms. The number of carbonyl (C=O) groups is 3. The van der Waals surface area contributed by atoms with E-state index in [0.717, 1.165) is 16.8 Å². The summed E-state index contributed by atoms with van der Waals surface area (Å²) in [6.45, 7) is 4.36. The van der Waals surface area contributed by atoms with Gasteiger partial charge in [-0.15, -0.1) is 0 Å². The standard InChI is InChI=1S/C27H25N5O4/c1-16-12-31-13-20(18-6-8-22(9-7-18)32-17(2)14-36-15-24(32)33)11-23(31)25(29-16)27(35)30-21-5-3-4-19(10-21)26(28)34/h3-13,17H,14-15H2,1-2H3,(H2,28,34)(H,30,35). The summed E-state index contributed by atoms with van der Waals surface area (Å²) in [6.07, 6.45) is 3.79. The van der Waals surface area contributed by atoms with E-state index >= 15 is 0 Å². The van der Waals surface area contributed by atoms with Gasteiger partial charge in [0.15, 0.2) is 5.69 Å². The van der Waals surface area contributed by atoms with Gasteiger partial charge in [0, 0.05) is 34.9 Å². The number of anilines is 2. The smallest absolute Gasteiger partial charge is 0.276 e. The lowest BCUT2D eigenvalue weighted by Gasteiger charge is -2.33. The fraction of sp³-hybridized carbons (Fsp3) is 0.185. The number of nitrogens with two attached hydrogens (primary N) is 1. The number of benzene rings is 2. The van der Waals surface area contributed by atoms with Crippen LogP contribution in [-0.4, -0.2) is 46.4 Å². The first-order chi connectivity index (χ1) is 17.3. The first-order valence-corrected chi connectivity index (χ1v) is 11.5. The number of aromatic nitrogens is 2. The Labute approximate surface area is 207 Å². The molecule has 0 radical (unpaired) electrons. The Balaban J connectivity index is 1.45. The summed E-state index contributed by atoms with van der Waals surface area (Å²) in [6, 6.07) is 16.1. The summed E-state index contributed by atoms with van der Waals surface area (Å²) < 4.78 is 7.18. The number of hydrogen-bond acceptors (Lipinski definition) is 5. The Morgan fingerprint density at radius 1 is 1.08 bits per heavy atom. The second-order valence-corrected chi connectivity index (χ2v) is 8.83. The molecule has 1 aliphatic heterocycles. The van der Waals surface area contributed by atoms with Crippen LogP contribution in [0.5, 0.6) is 0 Å². The van der Waals surface area contributed by atoms with Crippen LogP contribution in [0, 0.1) is 6.92 Å². The van der Waals surface area contributed by atoms with Crippen LogP contribution in [0.1, 0.15) is 33.5 Å². The molecule has 1 unspecified atom stereocenters. The molecule has 3 heterocycles. The van der Waals surface area contributed by atoms with Crippen LogP contribution in [0.4, 0.5) is 11.4 Å². The molecule has 4 aromatic rings. The molecular formula is C27H25N5O4. The van der Waals surface area contributed by atoms with E-state index in [9.17, 15) is 14.4 Å². The molecule has 1 atom stereocenters. The summed E-state index contributed by atoms with van der Waals surface area (Å²) >= 11 is 0. The van der Waals surface area contributed by atoms with Gasteiger partial charge in [-0.2, -0.15) is 0 Å². The maximum Gasteiger partial charge on any atom is 0.276 e. The molecule has 0 spiro atoms. The van der Waals surface area contributed by atoms with Crippen molar-refractivity contribution < 1.29 is 19.1 Å². The van der Waals surface area contributed by atoms with E-state index in [1.807, 2.05) is 61.0 Å². The number of hydrogen-bond donors (Lipinski definition) is 2. The topological polar surface area (TPSA) is 119 Å². The van der Waals surface area contributed by atoms with Gasteiger partial charge in [0.25, 0.3) is 11.8 Å². The van der Waals surface area contributed by atoms with E-state index in [4.69, 9.17) is 10.5 Å². The molecule has 3 amide bonds. The van der Waals surface area contributed by atoms with E-state index in [1.165, 1.54) is 6.07 Å². The van der Waals surface area contributed by atoms with Crippen molar-refractivity contribution in [3.8, 4) is 11.1 Å². The largest absolute Gasteiger partial charge is 0.369 e. The SMILES string of the molecule is Cc1cn2cc(-c3ccc(N4C(=O)COCC4C)cc3)cc2c(C(=O)Nc2cccc(C(N)=O)c2)n1. The van der Waals surface area contributed by atoms with Crippen LogP contribution in [0.3, 0.4) is 0 Å². The fourth-order valence-corrected chi connectivity index (χ4v) is 4.42. The third-order valence-electron chi connectivity index (χ3n) is 6.10.